The molecule has 0 aliphatic rings. The Morgan fingerprint density at radius 3 is 2.55 bits per heavy atom. The standard InChI is InChI=1S/C17H9ClF2OS/c1-9(10-3-5-13(19)14(20)6-10)17(21)16-7-11-2-4-12(18)8-15(11)22-16/h2-8H,1H2. The van der Waals surface area contributed by atoms with Crippen molar-refractivity contribution in [3.8, 4) is 0 Å². The maximum atomic E-state index is 13.3. The highest BCUT2D eigenvalue weighted by Gasteiger charge is 2.16. The minimum absolute atomic E-state index is 0.122. The third kappa shape index (κ3) is 2.67. The van der Waals surface area contributed by atoms with Crippen LogP contribution in [0.2, 0.25) is 5.02 Å². The molecule has 22 heavy (non-hydrogen) atoms. The second-order valence-electron chi connectivity index (χ2n) is 4.73. The molecule has 0 aliphatic carbocycles. The van der Waals surface area contributed by atoms with E-state index in [9.17, 15) is 13.6 Å². The molecular formula is C17H9ClF2OS. The maximum absolute atomic E-state index is 13.3. The summed E-state index contributed by atoms with van der Waals surface area (Å²) in [5.41, 5.74) is 0.385. The van der Waals surface area contributed by atoms with Crippen LogP contribution in [0.25, 0.3) is 15.7 Å². The number of hydrogen-bond donors (Lipinski definition) is 0. The first-order chi connectivity index (χ1) is 10.5. The van der Waals surface area contributed by atoms with Gasteiger partial charge in [0.2, 0.25) is 5.78 Å². The van der Waals surface area contributed by atoms with E-state index in [1.54, 1.807) is 18.2 Å². The van der Waals surface area contributed by atoms with Crippen LogP contribution in [0.5, 0.6) is 0 Å². The van der Waals surface area contributed by atoms with Crippen molar-refractivity contribution in [3.05, 3.63) is 76.1 Å². The highest BCUT2D eigenvalue weighted by molar-refractivity contribution is 7.21. The van der Waals surface area contributed by atoms with E-state index >= 15 is 0 Å². The van der Waals surface area contributed by atoms with Gasteiger partial charge in [-0.2, -0.15) is 0 Å². The molecule has 0 saturated carbocycles. The molecule has 0 radical (unpaired) electrons. The SMILES string of the molecule is C=C(C(=O)c1cc2ccc(Cl)cc2s1)c1ccc(F)c(F)c1. The number of rotatable bonds is 3. The van der Waals surface area contributed by atoms with Gasteiger partial charge in [0.25, 0.3) is 0 Å². The van der Waals surface area contributed by atoms with Crippen LogP contribution in [0, 0.1) is 11.6 Å². The molecule has 0 atom stereocenters. The average Bonchev–Trinajstić information content (AvgIpc) is 2.91. The summed E-state index contributed by atoms with van der Waals surface area (Å²) in [6.45, 7) is 3.70. The maximum Gasteiger partial charge on any atom is 0.202 e. The van der Waals surface area contributed by atoms with E-state index in [1.165, 1.54) is 17.4 Å². The van der Waals surface area contributed by atoms with Crippen molar-refractivity contribution in [2.24, 2.45) is 0 Å². The van der Waals surface area contributed by atoms with E-state index in [1.807, 2.05) is 6.07 Å². The van der Waals surface area contributed by atoms with Gasteiger partial charge in [-0.25, -0.2) is 8.78 Å². The van der Waals surface area contributed by atoms with Gasteiger partial charge in [0.15, 0.2) is 11.6 Å². The third-order valence-electron chi connectivity index (χ3n) is 3.25. The second kappa shape index (κ2) is 5.63. The van der Waals surface area contributed by atoms with Gasteiger partial charge in [-0.05, 0) is 41.3 Å². The lowest BCUT2D eigenvalue weighted by atomic mass is 10.0. The minimum Gasteiger partial charge on any atom is -0.288 e. The van der Waals surface area contributed by atoms with Crippen molar-refractivity contribution >= 4 is 44.4 Å². The molecule has 1 nitrogen and oxygen atoms in total. The van der Waals surface area contributed by atoms with Crippen molar-refractivity contribution in [1.82, 2.24) is 0 Å². The molecule has 2 aromatic carbocycles. The Hall–Kier alpha value is -2.04. The Morgan fingerprint density at radius 2 is 1.82 bits per heavy atom. The number of hydrogen-bond acceptors (Lipinski definition) is 2. The number of carbonyl (C=O) groups excluding carboxylic acids is 1. The van der Waals surface area contributed by atoms with Gasteiger partial charge in [-0.3, -0.25) is 4.79 Å². The summed E-state index contributed by atoms with van der Waals surface area (Å²) in [6.07, 6.45) is 0. The highest BCUT2D eigenvalue weighted by atomic mass is 35.5. The molecule has 1 aromatic heterocycles. The zero-order chi connectivity index (χ0) is 15.9. The van der Waals surface area contributed by atoms with Crippen molar-refractivity contribution in [3.63, 3.8) is 0 Å². The van der Waals surface area contributed by atoms with Gasteiger partial charge in [-0.15, -0.1) is 11.3 Å². The Labute approximate surface area is 134 Å². The fourth-order valence-corrected chi connectivity index (χ4v) is 3.39. The van der Waals surface area contributed by atoms with Crippen molar-refractivity contribution in [2.75, 3.05) is 0 Å². The first-order valence-corrected chi connectivity index (χ1v) is 7.53. The summed E-state index contributed by atoms with van der Waals surface area (Å²) in [4.78, 5) is 12.9. The van der Waals surface area contributed by atoms with Gasteiger partial charge < -0.3 is 0 Å². The third-order valence-corrected chi connectivity index (χ3v) is 4.58. The van der Waals surface area contributed by atoms with Crippen LogP contribution in [-0.4, -0.2) is 5.78 Å². The zero-order valence-electron chi connectivity index (χ0n) is 11.2. The highest BCUT2D eigenvalue weighted by Crippen LogP contribution is 2.31. The molecule has 0 N–H and O–H groups in total. The van der Waals surface area contributed by atoms with E-state index in [0.29, 0.717) is 9.90 Å². The lowest BCUT2D eigenvalue weighted by Gasteiger charge is -2.04. The summed E-state index contributed by atoms with van der Waals surface area (Å²) in [6, 6.07) is 10.4. The fourth-order valence-electron chi connectivity index (χ4n) is 2.08. The van der Waals surface area contributed by atoms with Crippen LogP contribution >= 0.6 is 22.9 Å². The quantitative estimate of drug-likeness (QED) is 0.441. The molecule has 0 fully saturated rings. The van der Waals surface area contributed by atoms with Crippen LogP contribution < -0.4 is 0 Å². The van der Waals surface area contributed by atoms with Crippen molar-refractivity contribution < 1.29 is 13.6 Å². The molecule has 1 heterocycles. The molecule has 110 valence electrons. The molecule has 5 heteroatoms. The van der Waals surface area contributed by atoms with Gasteiger partial charge in [0, 0.05) is 15.3 Å². The van der Waals surface area contributed by atoms with Crippen molar-refractivity contribution in [1.29, 1.82) is 0 Å². The fraction of sp³-hybridized carbons (Fsp3) is 0. The second-order valence-corrected chi connectivity index (χ2v) is 6.25. The molecule has 0 aliphatic heterocycles. The smallest absolute Gasteiger partial charge is 0.202 e. The Kier molecular flexibility index (Phi) is 3.81. The van der Waals surface area contributed by atoms with Crippen LogP contribution in [-0.2, 0) is 0 Å². The number of ketones is 1. The largest absolute Gasteiger partial charge is 0.288 e. The average molecular weight is 335 g/mol. The van der Waals surface area contributed by atoms with Gasteiger partial charge in [0.05, 0.1) is 4.88 Å². The van der Waals surface area contributed by atoms with Gasteiger partial charge >= 0.3 is 0 Å². The summed E-state index contributed by atoms with van der Waals surface area (Å²) in [5.74, 6) is -2.28. The molecule has 3 rings (SSSR count). The Balaban J connectivity index is 1.97. The summed E-state index contributed by atoms with van der Waals surface area (Å²) in [5, 5.41) is 1.49. The number of allylic oxidation sites excluding steroid dienone is 1. The van der Waals surface area contributed by atoms with Crippen molar-refractivity contribution in [2.45, 2.75) is 0 Å². The molecule has 0 saturated heterocycles. The van der Waals surface area contributed by atoms with E-state index in [-0.39, 0.29) is 16.9 Å². The normalized spacial score (nSPS) is 10.9. The molecule has 0 bridgehead atoms. The summed E-state index contributed by atoms with van der Waals surface area (Å²) >= 11 is 7.21. The minimum atomic E-state index is -1.01. The van der Waals surface area contributed by atoms with Crippen LogP contribution in [0.3, 0.4) is 0 Å². The molecule has 0 unspecified atom stereocenters. The van der Waals surface area contributed by atoms with Crippen LogP contribution in [0.4, 0.5) is 8.78 Å². The van der Waals surface area contributed by atoms with E-state index in [0.717, 1.165) is 22.2 Å². The van der Waals surface area contributed by atoms with Crippen LogP contribution in [0.15, 0.2) is 49.0 Å². The Bertz CT molecular complexity index is 914. The number of Topliss-reactive ketones (excluding diaryl/α,β-unsaturated/α-hetero) is 1. The van der Waals surface area contributed by atoms with E-state index < -0.39 is 11.6 Å². The number of carbonyl (C=O) groups is 1. The molecule has 3 aromatic rings. The zero-order valence-corrected chi connectivity index (χ0v) is 12.8. The number of halogens is 3. The van der Waals surface area contributed by atoms with E-state index in [2.05, 4.69) is 6.58 Å². The lowest BCUT2D eigenvalue weighted by Crippen LogP contribution is -2.00. The summed E-state index contributed by atoms with van der Waals surface area (Å²) < 4.78 is 27.1. The molecule has 0 spiro atoms. The van der Waals surface area contributed by atoms with Gasteiger partial charge in [-0.1, -0.05) is 30.3 Å². The lowest BCUT2D eigenvalue weighted by molar-refractivity contribution is 0.106. The first-order valence-electron chi connectivity index (χ1n) is 6.34. The topological polar surface area (TPSA) is 17.1 Å². The molecular weight excluding hydrogens is 326 g/mol. The first kappa shape index (κ1) is 14.9. The predicted molar refractivity (Wildman–Crippen MR) is 86.6 cm³/mol. The van der Waals surface area contributed by atoms with Gasteiger partial charge in [0.1, 0.15) is 0 Å². The monoisotopic (exact) mass is 334 g/mol. The predicted octanol–water partition coefficient (Wildman–Crippen LogP) is 5.73. The number of fused-ring (bicyclic) bond motifs is 1. The molecule has 0 amide bonds. The Morgan fingerprint density at radius 1 is 1.05 bits per heavy atom. The number of benzene rings is 2. The summed E-state index contributed by atoms with van der Waals surface area (Å²) in [7, 11) is 0. The van der Waals surface area contributed by atoms with Crippen LogP contribution in [0.1, 0.15) is 15.2 Å². The van der Waals surface area contributed by atoms with E-state index in [4.69, 9.17) is 11.6 Å². The number of thiophene rings is 1.